The zero-order valence-corrected chi connectivity index (χ0v) is 7.57. The van der Waals surface area contributed by atoms with Gasteiger partial charge >= 0.3 is 0 Å². The fourth-order valence-corrected chi connectivity index (χ4v) is 1.74. The Bertz CT molecular complexity index is 134. The third-order valence-electron chi connectivity index (χ3n) is 2.37. The van der Waals surface area contributed by atoms with Gasteiger partial charge in [-0.3, -0.25) is 0 Å². The Morgan fingerprint density at radius 1 is 1.50 bits per heavy atom. The number of rotatable bonds is 1. The van der Waals surface area contributed by atoms with Gasteiger partial charge in [-0.25, -0.2) is 0 Å². The summed E-state index contributed by atoms with van der Waals surface area (Å²) in [7, 11) is 0. The number of hydrogen-bond donors (Lipinski definition) is 1. The van der Waals surface area contributed by atoms with Crippen molar-refractivity contribution in [2.45, 2.75) is 46.1 Å². The Morgan fingerprint density at radius 2 is 1.90 bits per heavy atom. The Morgan fingerprint density at radius 3 is 2.00 bits per heavy atom. The zero-order chi connectivity index (χ0) is 7.99. The van der Waals surface area contributed by atoms with E-state index in [2.05, 4.69) is 27.7 Å². The van der Waals surface area contributed by atoms with Gasteiger partial charge < -0.3 is 5.73 Å². The van der Waals surface area contributed by atoms with Crippen LogP contribution < -0.4 is 5.73 Å². The van der Waals surface area contributed by atoms with Gasteiger partial charge in [0.05, 0.1) is 0 Å². The molecule has 0 bridgehead atoms. The molecule has 1 nitrogen and oxygen atoms in total. The van der Waals surface area contributed by atoms with Crippen LogP contribution in [0.25, 0.3) is 0 Å². The number of nitrogens with two attached hydrogens (primary N) is 1. The van der Waals surface area contributed by atoms with Gasteiger partial charge in [0.15, 0.2) is 0 Å². The van der Waals surface area contributed by atoms with Gasteiger partial charge in [-0.2, -0.15) is 0 Å². The lowest BCUT2D eigenvalue weighted by molar-refractivity contribution is 0.320. The highest BCUT2D eigenvalue weighted by Crippen LogP contribution is 2.47. The molecule has 60 valence electrons. The lowest BCUT2D eigenvalue weighted by Gasteiger charge is -2.23. The van der Waals surface area contributed by atoms with Crippen LogP contribution in [0.2, 0.25) is 0 Å². The normalized spacial score (nSPS) is 39.9. The quantitative estimate of drug-likeness (QED) is 0.595. The first kappa shape index (κ1) is 8.06. The smallest absolute Gasteiger partial charge is 0.0189 e. The predicted octanol–water partition coefficient (Wildman–Crippen LogP) is 2.16. The van der Waals surface area contributed by atoms with Crippen LogP contribution in [0, 0.1) is 11.3 Å². The van der Waals surface area contributed by atoms with Crippen molar-refractivity contribution in [2.75, 3.05) is 0 Å². The molecule has 1 saturated carbocycles. The van der Waals surface area contributed by atoms with Crippen LogP contribution in [-0.4, -0.2) is 5.54 Å². The molecular weight excluding hydrogens is 122 g/mol. The Balaban J connectivity index is 2.41. The first-order chi connectivity index (χ1) is 4.33. The molecule has 2 atom stereocenters. The van der Waals surface area contributed by atoms with E-state index in [-0.39, 0.29) is 5.54 Å². The molecule has 1 fully saturated rings. The van der Waals surface area contributed by atoms with Crippen LogP contribution in [0.1, 0.15) is 40.5 Å². The minimum absolute atomic E-state index is 0.193. The molecule has 1 aliphatic rings. The van der Waals surface area contributed by atoms with Gasteiger partial charge in [-0.15, -0.1) is 0 Å². The van der Waals surface area contributed by atoms with Crippen molar-refractivity contribution in [3.63, 3.8) is 0 Å². The molecule has 0 aromatic heterocycles. The fraction of sp³-hybridized carbons (Fsp3) is 1.00. The summed E-state index contributed by atoms with van der Waals surface area (Å²) in [6.07, 6.45) is 2.39. The first-order valence-corrected chi connectivity index (χ1v) is 4.12. The molecule has 0 amide bonds. The third-order valence-corrected chi connectivity index (χ3v) is 2.37. The monoisotopic (exact) mass is 141 g/mol. The summed E-state index contributed by atoms with van der Waals surface area (Å²) in [4.78, 5) is 0. The third kappa shape index (κ3) is 1.72. The highest BCUT2D eigenvalue weighted by atomic mass is 14.9. The van der Waals surface area contributed by atoms with Crippen molar-refractivity contribution in [1.29, 1.82) is 0 Å². The molecule has 1 heteroatoms. The van der Waals surface area contributed by atoms with E-state index >= 15 is 0 Å². The van der Waals surface area contributed by atoms with Gasteiger partial charge in [-0.1, -0.05) is 27.7 Å². The summed E-state index contributed by atoms with van der Waals surface area (Å²) in [6, 6.07) is 0. The molecule has 0 radical (unpaired) electrons. The maximum Gasteiger partial charge on any atom is 0.0189 e. The molecule has 1 rings (SSSR count). The summed E-state index contributed by atoms with van der Waals surface area (Å²) >= 11 is 0. The molecule has 0 aromatic rings. The molecule has 1 aliphatic carbocycles. The van der Waals surface area contributed by atoms with E-state index in [0.717, 1.165) is 5.92 Å². The van der Waals surface area contributed by atoms with Crippen LogP contribution in [0.3, 0.4) is 0 Å². The van der Waals surface area contributed by atoms with E-state index in [1.54, 1.807) is 0 Å². The van der Waals surface area contributed by atoms with Crippen molar-refractivity contribution < 1.29 is 0 Å². The van der Waals surface area contributed by atoms with E-state index in [1.807, 2.05) is 0 Å². The van der Waals surface area contributed by atoms with Crippen LogP contribution >= 0.6 is 0 Å². The van der Waals surface area contributed by atoms with E-state index < -0.39 is 0 Å². The van der Waals surface area contributed by atoms with Gasteiger partial charge in [0, 0.05) is 5.54 Å². The van der Waals surface area contributed by atoms with Gasteiger partial charge in [0.25, 0.3) is 0 Å². The van der Waals surface area contributed by atoms with Gasteiger partial charge in [-0.05, 0) is 24.2 Å². The van der Waals surface area contributed by atoms with Crippen LogP contribution in [0.5, 0.6) is 0 Å². The summed E-state index contributed by atoms with van der Waals surface area (Å²) < 4.78 is 0. The van der Waals surface area contributed by atoms with Gasteiger partial charge in [0.1, 0.15) is 0 Å². The maximum atomic E-state index is 6.08. The van der Waals surface area contributed by atoms with E-state index in [4.69, 9.17) is 5.73 Å². The highest BCUT2D eigenvalue weighted by Gasteiger charge is 2.49. The lowest BCUT2D eigenvalue weighted by Crippen LogP contribution is -2.30. The van der Waals surface area contributed by atoms with Crippen molar-refractivity contribution in [3.8, 4) is 0 Å². The van der Waals surface area contributed by atoms with Crippen molar-refractivity contribution in [1.82, 2.24) is 0 Å². The average Bonchev–Trinajstić information content (AvgIpc) is 2.05. The molecule has 2 unspecified atom stereocenters. The maximum absolute atomic E-state index is 6.08. The van der Waals surface area contributed by atoms with Crippen molar-refractivity contribution in [3.05, 3.63) is 0 Å². The molecule has 10 heavy (non-hydrogen) atoms. The zero-order valence-electron chi connectivity index (χ0n) is 7.57. The van der Waals surface area contributed by atoms with Crippen molar-refractivity contribution in [2.24, 2.45) is 17.1 Å². The minimum Gasteiger partial charge on any atom is -0.325 e. The molecule has 0 spiro atoms. The topological polar surface area (TPSA) is 26.0 Å². The second-order valence-electron chi connectivity index (χ2n) is 5.08. The van der Waals surface area contributed by atoms with E-state index in [9.17, 15) is 0 Å². The molecule has 0 saturated heterocycles. The first-order valence-electron chi connectivity index (χ1n) is 4.12. The van der Waals surface area contributed by atoms with Crippen molar-refractivity contribution >= 4 is 0 Å². The molecule has 0 heterocycles. The largest absolute Gasteiger partial charge is 0.325 e. The summed E-state index contributed by atoms with van der Waals surface area (Å²) in [5, 5.41) is 0. The SMILES string of the molecule is CC1CC1(N)CC(C)(C)C. The second-order valence-corrected chi connectivity index (χ2v) is 5.08. The lowest BCUT2D eigenvalue weighted by atomic mass is 9.86. The Hall–Kier alpha value is -0.0400. The van der Waals surface area contributed by atoms with Crippen LogP contribution in [0.15, 0.2) is 0 Å². The Kier molecular flexibility index (Phi) is 1.59. The molecule has 0 aromatic carbocycles. The predicted molar refractivity (Wildman–Crippen MR) is 44.8 cm³/mol. The van der Waals surface area contributed by atoms with Gasteiger partial charge in [0.2, 0.25) is 0 Å². The average molecular weight is 141 g/mol. The summed E-state index contributed by atoms with van der Waals surface area (Å²) in [6.45, 7) is 9.01. The standard InChI is InChI=1S/C9H19N/c1-7-5-9(7,10)6-8(2,3)4/h7H,5-6,10H2,1-4H3. The minimum atomic E-state index is 0.193. The molecule has 0 aliphatic heterocycles. The fourth-order valence-electron chi connectivity index (χ4n) is 1.74. The molecule has 2 N–H and O–H groups in total. The summed E-state index contributed by atoms with van der Waals surface area (Å²) in [5.74, 6) is 0.756. The summed E-state index contributed by atoms with van der Waals surface area (Å²) in [5.41, 5.74) is 6.67. The van der Waals surface area contributed by atoms with Crippen LogP contribution in [-0.2, 0) is 0 Å². The van der Waals surface area contributed by atoms with E-state index in [0.29, 0.717) is 5.41 Å². The highest BCUT2D eigenvalue weighted by molar-refractivity contribution is 5.06. The van der Waals surface area contributed by atoms with Crippen LogP contribution in [0.4, 0.5) is 0 Å². The van der Waals surface area contributed by atoms with E-state index in [1.165, 1.54) is 12.8 Å². The number of hydrogen-bond acceptors (Lipinski definition) is 1. The molecular formula is C9H19N. The second kappa shape index (κ2) is 1.97. The Labute approximate surface area is 64.0 Å².